The van der Waals surface area contributed by atoms with E-state index in [2.05, 4.69) is 20.6 Å². The van der Waals surface area contributed by atoms with Crippen LogP contribution in [0.3, 0.4) is 0 Å². The zero-order chi connectivity index (χ0) is 21.6. The molecule has 0 saturated carbocycles. The number of rotatable bonds is 6. The molecule has 2 aromatic rings. The van der Waals surface area contributed by atoms with Crippen LogP contribution >= 0.6 is 35.3 Å². The van der Waals surface area contributed by atoms with Gasteiger partial charge in [-0.15, -0.1) is 35.3 Å². The Bertz CT molecular complexity index is 866. The van der Waals surface area contributed by atoms with Crippen molar-refractivity contribution in [1.29, 1.82) is 0 Å². The van der Waals surface area contributed by atoms with Crippen molar-refractivity contribution in [2.75, 3.05) is 33.4 Å². The number of nitrogens with one attached hydrogen (secondary N) is 2. The SMILES string of the molecule is CN=C(NCCc1csc(C)n1)NCC1(c2cccc(C(F)(F)F)c2)CCOCC1.I. The number of aromatic nitrogens is 1. The van der Waals surface area contributed by atoms with Crippen LogP contribution in [0.5, 0.6) is 0 Å². The highest BCUT2D eigenvalue weighted by molar-refractivity contribution is 14.0. The van der Waals surface area contributed by atoms with Crippen LogP contribution in [-0.2, 0) is 22.7 Å². The standard InChI is InChI=1S/C21H27F3N4OS.HI/c1-15-28-18(13-30-15)6-9-26-19(25-2)27-14-20(7-10-29-11-8-20)16-4-3-5-17(12-16)21(22,23)24;/h3-5,12-13H,6-11,14H2,1-2H3,(H2,25,26,27);1H. The van der Waals surface area contributed by atoms with Gasteiger partial charge in [-0.25, -0.2) is 4.98 Å². The monoisotopic (exact) mass is 568 g/mol. The molecule has 0 aliphatic carbocycles. The summed E-state index contributed by atoms with van der Waals surface area (Å²) in [6.45, 7) is 4.17. The second kappa shape index (κ2) is 11.5. The first-order valence-corrected chi connectivity index (χ1v) is 10.8. The number of halogens is 4. The Hall–Kier alpha value is -1.40. The lowest BCUT2D eigenvalue weighted by atomic mass is 9.73. The van der Waals surface area contributed by atoms with Gasteiger partial charge in [-0.2, -0.15) is 13.2 Å². The molecule has 0 radical (unpaired) electrons. The summed E-state index contributed by atoms with van der Waals surface area (Å²) < 4.78 is 45.2. The minimum atomic E-state index is -4.36. The Kier molecular flexibility index (Phi) is 9.56. The molecular formula is C21H28F3IN4OS. The van der Waals surface area contributed by atoms with Crippen LogP contribution in [-0.4, -0.2) is 44.3 Å². The summed E-state index contributed by atoms with van der Waals surface area (Å²) in [5.74, 6) is 0.625. The fraction of sp³-hybridized carbons (Fsp3) is 0.524. The molecule has 0 bridgehead atoms. The Labute approximate surface area is 201 Å². The molecule has 1 aliphatic rings. The third-order valence-electron chi connectivity index (χ3n) is 5.41. The van der Waals surface area contributed by atoms with E-state index in [0.717, 1.165) is 23.2 Å². The van der Waals surface area contributed by atoms with Crippen LogP contribution in [0.2, 0.25) is 0 Å². The Morgan fingerprint density at radius 1 is 1.26 bits per heavy atom. The van der Waals surface area contributed by atoms with Gasteiger partial charge in [-0.1, -0.05) is 18.2 Å². The van der Waals surface area contributed by atoms with E-state index in [1.165, 1.54) is 12.1 Å². The highest BCUT2D eigenvalue weighted by Gasteiger charge is 2.37. The summed E-state index contributed by atoms with van der Waals surface area (Å²) in [6, 6.07) is 5.65. The second-order valence-corrected chi connectivity index (χ2v) is 8.49. The van der Waals surface area contributed by atoms with Crippen LogP contribution in [0.25, 0.3) is 0 Å². The molecule has 2 N–H and O–H groups in total. The van der Waals surface area contributed by atoms with Gasteiger partial charge in [0, 0.05) is 50.6 Å². The number of guanidine groups is 1. The van der Waals surface area contributed by atoms with Crippen molar-refractivity contribution >= 4 is 41.3 Å². The molecule has 3 rings (SSSR count). The molecule has 0 unspecified atom stereocenters. The number of hydrogen-bond donors (Lipinski definition) is 2. The lowest BCUT2D eigenvalue weighted by Crippen LogP contribution is -2.48. The Balaban J connectivity index is 0.00000341. The van der Waals surface area contributed by atoms with Crippen LogP contribution in [0.15, 0.2) is 34.6 Å². The smallest absolute Gasteiger partial charge is 0.381 e. The molecule has 1 aromatic heterocycles. The molecule has 1 saturated heterocycles. The summed E-state index contributed by atoms with van der Waals surface area (Å²) in [6.07, 6.45) is -2.29. The van der Waals surface area contributed by atoms with Crippen molar-refractivity contribution in [1.82, 2.24) is 15.6 Å². The quantitative estimate of drug-likeness (QED) is 0.305. The minimum absolute atomic E-state index is 0. The molecule has 31 heavy (non-hydrogen) atoms. The lowest BCUT2D eigenvalue weighted by Gasteiger charge is -2.38. The summed E-state index contributed by atoms with van der Waals surface area (Å²) in [4.78, 5) is 8.70. The first-order chi connectivity index (χ1) is 14.3. The number of aryl methyl sites for hydroxylation is 1. The van der Waals surface area contributed by atoms with E-state index in [1.54, 1.807) is 24.5 Å². The van der Waals surface area contributed by atoms with E-state index < -0.39 is 17.2 Å². The maximum Gasteiger partial charge on any atom is 0.416 e. The predicted molar refractivity (Wildman–Crippen MR) is 129 cm³/mol. The molecule has 0 amide bonds. The zero-order valence-corrected chi connectivity index (χ0v) is 20.7. The Morgan fingerprint density at radius 2 is 2.00 bits per heavy atom. The maximum atomic E-state index is 13.2. The summed E-state index contributed by atoms with van der Waals surface area (Å²) in [7, 11) is 1.68. The van der Waals surface area contributed by atoms with Gasteiger partial charge < -0.3 is 15.4 Å². The summed E-state index contributed by atoms with van der Waals surface area (Å²) in [5.41, 5.74) is 0.655. The zero-order valence-electron chi connectivity index (χ0n) is 17.6. The van der Waals surface area contributed by atoms with E-state index in [0.29, 0.717) is 50.7 Å². The number of hydrogen-bond acceptors (Lipinski definition) is 4. The van der Waals surface area contributed by atoms with Gasteiger partial charge in [0.25, 0.3) is 0 Å². The third-order valence-corrected chi connectivity index (χ3v) is 6.23. The van der Waals surface area contributed by atoms with Crippen molar-refractivity contribution in [3.63, 3.8) is 0 Å². The molecule has 1 aromatic carbocycles. The van der Waals surface area contributed by atoms with Gasteiger partial charge in [-0.3, -0.25) is 4.99 Å². The maximum absolute atomic E-state index is 13.2. The van der Waals surface area contributed by atoms with E-state index in [-0.39, 0.29) is 24.0 Å². The molecule has 0 spiro atoms. The van der Waals surface area contributed by atoms with Crippen molar-refractivity contribution in [3.05, 3.63) is 51.5 Å². The molecule has 1 aliphatic heterocycles. The first-order valence-electron chi connectivity index (χ1n) is 9.93. The number of thiazole rings is 1. The van der Waals surface area contributed by atoms with Gasteiger partial charge in [0.1, 0.15) is 0 Å². The second-order valence-electron chi connectivity index (χ2n) is 7.43. The van der Waals surface area contributed by atoms with E-state index >= 15 is 0 Å². The molecule has 5 nitrogen and oxygen atoms in total. The molecule has 10 heteroatoms. The van der Waals surface area contributed by atoms with Gasteiger partial charge in [-0.05, 0) is 31.4 Å². The highest BCUT2D eigenvalue weighted by atomic mass is 127. The highest BCUT2D eigenvalue weighted by Crippen LogP contribution is 2.37. The molecular weight excluding hydrogens is 540 g/mol. The number of aliphatic imine (C=N–C) groups is 1. The first kappa shape index (κ1) is 25.9. The number of ether oxygens (including phenoxy) is 1. The number of alkyl halides is 3. The van der Waals surface area contributed by atoms with Crippen LogP contribution in [0.1, 0.15) is 34.7 Å². The lowest BCUT2D eigenvalue weighted by molar-refractivity contribution is -0.137. The fourth-order valence-corrected chi connectivity index (χ4v) is 4.31. The van der Waals surface area contributed by atoms with Crippen molar-refractivity contribution in [2.24, 2.45) is 4.99 Å². The van der Waals surface area contributed by atoms with Crippen molar-refractivity contribution in [3.8, 4) is 0 Å². The minimum Gasteiger partial charge on any atom is -0.381 e. The largest absolute Gasteiger partial charge is 0.416 e. The van der Waals surface area contributed by atoms with Crippen molar-refractivity contribution in [2.45, 2.75) is 37.8 Å². The summed E-state index contributed by atoms with van der Waals surface area (Å²) >= 11 is 1.62. The average Bonchev–Trinajstić information content (AvgIpc) is 3.15. The number of nitrogens with zero attached hydrogens (tertiary/aromatic N) is 2. The average molecular weight is 568 g/mol. The topological polar surface area (TPSA) is 58.5 Å². The van der Waals surface area contributed by atoms with Crippen LogP contribution in [0, 0.1) is 6.92 Å². The molecule has 2 heterocycles. The Morgan fingerprint density at radius 3 is 2.61 bits per heavy atom. The van der Waals surface area contributed by atoms with Crippen LogP contribution < -0.4 is 10.6 Å². The van der Waals surface area contributed by atoms with Crippen LogP contribution in [0.4, 0.5) is 13.2 Å². The van der Waals surface area contributed by atoms with E-state index in [1.807, 2.05) is 12.3 Å². The van der Waals surface area contributed by atoms with E-state index in [9.17, 15) is 13.2 Å². The fourth-order valence-electron chi connectivity index (χ4n) is 3.66. The van der Waals surface area contributed by atoms with Gasteiger partial charge >= 0.3 is 6.18 Å². The number of benzene rings is 1. The van der Waals surface area contributed by atoms with Gasteiger partial charge in [0.2, 0.25) is 0 Å². The van der Waals surface area contributed by atoms with Gasteiger partial charge in [0.05, 0.1) is 16.3 Å². The van der Waals surface area contributed by atoms with E-state index in [4.69, 9.17) is 4.74 Å². The summed E-state index contributed by atoms with van der Waals surface area (Å²) in [5, 5.41) is 9.65. The third kappa shape index (κ3) is 7.04. The predicted octanol–water partition coefficient (Wildman–Crippen LogP) is 4.54. The molecule has 172 valence electrons. The van der Waals surface area contributed by atoms with Gasteiger partial charge in [0.15, 0.2) is 5.96 Å². The normalized spacial score (nSPS) is 16.5. The van der Waals surface area contributed by atoms with Crippen molar-refractivity contribution < 1.29 is 17.9 Å². The molecule has 0 atom stereocenters. The molecule has 1 fully saturated rings.